The summed E-state index contributed by atoms with van der Waals surface area (Å²) in [5, 5.41) is -0.101. The maximum Gasteiger partial charge on any atom is 0.255 e. The molecule has 6 nitrogen and oxygen atoms in total. The second-order valence-corrected chi connectivity index (χ2v) is 7.22. The standard InChI is InChI=1S/C21H23ClF2N2O4/c1-28-18-5-4-13(19(29-2)20(18)30-3)12-25-6-8-26(9-7-25)21(27)14-10-16(23)17(24)11-15(14)22/h4-5,10-11H,6-9,12H2,1-3H3. The molecule has 0 spiro atoms. The summed E-state index contributed by atoms with van der Waals surface area (Å²) in [6.07, 6.45) is 0. The van der Waals surface area contributed by atoms with Crippen molar-refractivity contribution in [3.63, 3.8) is 0 Å². The van der Waals surface area contributed by atoms with Gasteiger partial charge in [-0.25, -0.2) is 8.78 Å². The Labute approximate surface area is 178 Å². The molecule has 0 N–H and O–H groups in total. The first-order valence-corrected chi connectivity index (χ1v) is 9.71. The molecule has 0 aliphatic carbocycles. The monoisotopic (exact) mass is 440 g/mol. The molecule has 30 heavy (non-hydrogen) atoms. The van der Waals surface area contributed by atoms with E-state index < -0.39 is 17.5 Å². The van der Waals surface area contributed by atoms with Crippen LogP contribution in [0, 0.1) is 11.6 Å². The van der Waals surface area contributed by atoms with E-state index in [0.29, 0.717) is 50.0 Å². The number of carbonyl (C=O) groups is 1. The molecule has 2 aromatic rings. The molecule has 0 radical (unpaired) electrons. The van der Waals surface area contributed by atoms with Crippen molar-refractivity contribution in [3.8, 4) is 17.2 Å². The molecule has 0 unspecified atom stereocenters. The summed E-state index contributed by atoms with van der Waals surface area (Å²) in [7, 11) is 4.69. The Kier molecular flexibility index (Phi) is 6.99. The van der Waals surface area contributed by atoms with E-state index in [2.05, 4.69) is 4.90 Å². The van der Waals surface area contributed by atoms with E-state index in [4.69, 9.17) is 25.8 Å². The van der Waals surface area contributed by atoms with E-state index >= 15 is 0 Å². The number of nitrogens with zero attached hydrogens (tertiary/aromatic N) is 2. The molecule has 0 saturated carbocycles. The maximum atomic E-state index is 13.5. The zero-order valence-electron chi connectivity index (χ0n) is 17.0. The number of hydrogen-bond acceptors (Lipinski definition) is 5. The zero-order valence-corrected chi connectivity index (χ0v) is 17.8. The molecule has 9 heteroatoms. The fraction of sp³-hybridized carbons (Fsp3) is 0.381. The first-order chi connectivity index (χ1) is 14.4. The molecule has 162 valence electrons. The van der Waals surface area contributed by atoms with Crippen LogP contribution in [-0.4, -0.2) is 63.2 Å². The minimum Gasteiger partial charge on any atom is -0.493 e. The third-order valence-electron chi connectivity index (χ3n) is 5.08. The van der Waals surface area contributed by atoms with E-state index in [9.17, 15) is 13.6 Å². The third-order valence-corrected chi connectivity index (χ3v) is 5.39. The van der Waals surface area contributed by atoms with Crippen LogP contribution in [0.15, 0.2) is 24.3 Å². The highest BCUT2D eigenvalue weighted by Gasteiger charge is 2.26. The van der Waals surface area contributed by atoms with Crippen molar-refractivity contribution in [2.75, 3.05) is 47.5 Å². The van der Waals surface area contributed by atoms with Crippen LogP contribution in [0.25, 0.3) is 0 Å². The van der Waals surface area contributed by atoms with Crippen LogP contribution in [-0.2, 0) is 6.54 Å². The Morgan fingerprint density at radius 2 is 1.60 bits per heavy atom. The van der Waals surface area contributed by atoms with Gasteiger partial charge in [-0.2, -0.15) is 0 Å². The van der Waals surface area contributed by atoms with Crippen LogP contribution in [0.5, 0.6) is 17.2 Å². The molecule has 1 amide bonds. The van der Waals surface area contributed by atoms with E-state index in [1.165, 1.54) is 0 Å². The Morgan fingerprint density at radius 1 is 0.967 bits per heavy atom. The van der Waals surface area contributed by atoms with E-state index in [1.54, 1.807) is 26.2 Å². The van der Waals surface area contributed by atoms with Gasteiger partial charge in [0.25, 0.3) is 5.91 Å². The first-order valence-electron chi connectivity index (χ1n) is 9.33. The number of benzene rings is 2. The molecule has 2 aromatic carbocycles. The van der Waals surface area contributed by atoms with Crippen molar-refractivity contribution < 1.29 is 27.8 Å². The van der Waals surface area contributed by atoms with Crippen LogP contribution >= 0.6 is 11.6 Å². The zero-order chi connectivity index (χ0) is 21.8. The number of carbonyl (C=O) groups excluding carboxylic acids is 1. The van der Waals surface area contributed by atoms with Gasteiger partial charge in [-0.1, -0.05) is 17.7 Å². The van der Waals surface area contributed by atoms with Gasteiger partial charge in [-0.15, -0.1) is 0 Å². The number of ether oxygens (including phenoxy) is 3. The molecule has 0 aromatic heterocycles. The molecule has 1 heterocycles. The van der Waals surface area contributed by atoms with Crippen molar-refractivity contribution in [1.29, 1.82) is 0 Å². The number of hydrogen-bond donors (Lipinski definition) is 0. The van der Waals surface area contributed by atoms with Gasteiger partial charge in [0.05, 0.1) is 31.9 Å². The van der Waals surface area contributed by atoms with Gasteiger partial charge in [-0.3, -0.25) is 9.69 Å². The molecule has 0 bridgehead atoms. The van der Waals surface area contributed by atoms with Gasteiger partial charge in [0.15, 0.2) is 23.1 Å². The topological polar surface area (TPSA) is 51.2 Å². The quantitative estimate of drug-likeness (QED) is 0.642. The molecule has 0 atom stereocenters. The van der Waals surface area contributed by atoms with Crippen LogP contribution in [0.4, 0.5) is 8.78 Å². The second-order valence-electron chi connectivity index (χ2n) is 6.81. The van der Waals surface area contributed by atoms with Crippen LogP contribution in [0.1, 0.15) is 15.9 Å². The summed E-state index contributed by atoms with van der Waals surface area (Å²) in [5.74, 6) is -0.880. The lowest BCUT2D eigenvalue weighted by atomic mass is 10.1. The van der Waals surface area contributed by atoms with E-state index in [-0.39, 0.29) is 10.6 Å². The van der Waals surface area contributed by atoms with Gasteiger partial charge in [0.1, 0.15) is 0 Å². The number of piperazine rings is 1. The van der Waals surface area contributed by atoms with Gasteiger partial charge < -0.3 is 19.1 Å². The summed E-state index contributed by atoms with van der Waals surface area (Å²) < 4.78 is 43.1. The average molecular weight is 441 g/mol. The number of rotatable bonds is 6. The van der Waals surface area contributed by atoms with Crippen molar-refractivity contribution >= 4 is 17.5 Å². The number of amides is 1. The van der Waals surface area contributed by atoms with Crippen molar-refractivity contribution in [1.82, 2.24) is 9.80 Å². The Bertz CT molecular complexity index is 934. The van der Waals surface area contributed by atoms with Gasteiger partial charge in [0, 0.05) is 38.3 Å². The molecule has 3 rings (SSSR count). The van der Waals surface area contributed by atoms with Crippen LogP contribution in [0.3, 0.4) is 0 Å². The predicted octanol–water partition coefficient (Wildman–Crippen LogP) is 3.60. The Balaban J connectivity index is 1.68. The fourth-order valence-electron chi connectivity index (χ4n) is 3.49. The highest BCUT2D eigenvalue weighted by Crippen LogP contribution is 2.40. The van der Waals surface area contributed by atoms with E-state index in [0.717, 1.165) is 17.7 Å². The van der Waals surface area contributed by atoms with Gasteiger partial charge in [0.2, 0.25) is 5.75 Å². The summed E-state index contributed by atoms with van der Waals surface area (Å²) in [6, 6.07) is 5.41. The summed E-state index contributed by atoms with van der Waals surface area (Å²) in [5.41, 5.74) is 0.893. The molecular weight excluding hydrogens is 418 g/mol. The van der Waals surface area contributed by atoms with Crippen molar-refractivity contribution in [2.24, 2.45) is 0 Å². The number of halogens is 3. The smallest absolute Gasteiger partial charge is 0.255 e. The van der Waals surface area contributed by atoms with Crippen molar-refractivity contribution in [2.45, 2.75) is 6.54 Å². The lowest BCUT2D eigenvalue weighted by molar-refractivity contribution is 0.0627. The number of methoxy groups -OCH3 is 3. The van der Waals surface area contributed by atoms with Crippen LogP contribution < -0.4 is 14.2 Å². The lowest BCUT2D eigenvalue weighted by Crippen LogP contribution is -2.48. The fourth-order valence-corrected chi connectivity index (χ4v) is 3.73. The maximum absolute atomic E-state index is 13.5. The minimum absolute atomic E-state index is 0.0365. The molecule has 1 fully saturated rings. The van der Waals surface area contributed by atoms with Gasteiger partial charge in [-0.05, 0) is 18.2 Å². The molecular formula is C21H23ClF2N2O4. The minimum atomic E-state index is -1.10. The summed E-state index contributed by atoms with van der Waals surface area (Å²) in [6.45, 7) is 2.67. The average Bonchev–Trinajstić information content (AvgIpc) is 2.75. The predicted molar refractivity (Wildman–Crippen MR) is 109 cm³/mol. The molecule has 1 aliphatic heterocycles. The molecule has 1 aliphatic rings. The Morgan fingerprint density at radius 3 is 2.20 bits per heavy atom. The second kappa shape index (κ2) is 9.49. The van der Waals surface area contributed by atoms with Crippen molar-refractivity contribution in [3.05, 3.63) is 52.0 Å². The highest BCUT2D eigenvalue weighted by atomic mass is 35.5. The molecule has 1 saturated heterocycles. The SMILES string of the molecule is COc1ccc(CN2CCN(C(=O)c3cc(F)c(F)cc3Cl)CC2)c(OC)c1OC. The van der Waals surface area contributed by atoms with Gasteiger partial charge >= 0.3 is 0 Å². The van der Waals surface area contributed by atoms with Crippen LogP contribution in [0.2, 0.25) is 5.02 Å². The third kappa shape index (κ3) is 4.44. The first kappa shape index (κ1) is 22.1. The summed E-state index contributed by atoms with van der Waals surface area (Å²) >= 11 is 5.94. The highest BCUT2D eigenvalue weighted by molar-refractivity contribution is 6.33. The largest absolute Gasteiger partial charge is 0.493 e. The lowest BCUT2D eigenvalue weighted by Gasteiger charge is -2.35. The summed E-state index contributed by atoms with van der Waals surface area (Å²) in [4.78, 5) is 16.4. The Hall–Kier alpha value is -2.58. The van der Waals surface area contributed by atoms with E-state index in [1.807, 2.05) is 12.1 Å². The normalized spacial score (nSPS) is 14.5.